The van der Waals surface area contributed by atoms with Crippen molar-refractivity contribution in [3.05, 3.63) is 48.5 Å². The molecule has 0 bridgehead atoms. The minimum Gasteiger partial charge on any atom is -0.494 e. The molecule has 2 aromatic carbocycles. The first-order valence-electron chi connectivity index (χ1n) is 9.57. The van der Waals surface area contributed by atoms with Crippen molar-refractivity contribution in [1.29, 1.82) is 0 Å². The monoisotopic (exact) mass is 481 g/mol. The van der Waals surface area contributed by atoms with Gasteiger partial charge < -0.3 is 9.47 Å². The second-order valence-corrected chi connectivity index (χ2v) is 9.55. The Labute approximate surface area is 205 Å². The molecule has 0 saturated heterocycles. The third-order valence-electron chi connectivity index (χ3n) is 4.32. The van der Waals surface area contributed by atoms with E-state index in [-0.39, 0.29) is 39.3 Å². The van der Waals surface area contributed by atoms with Crippen LogP contribution >= 0.6 is 0 Å². The van der Waals surface area contributed by atoms with Gasteiger partial charge in [-0.1, -0.05) is 25.7 Å². The normalized spacial score (nSPS) is 11.5. The van der Waals surface area contributed by atoms with Gasteiger partial charge in [0.15, 0.2) is 0 Å². The molecule has 0 radical (unpaired) electrons. The zero-order chi connectivity index (χ0) is 22.0. The van der Waals surface area contributed by atoms with Crippen LogP contribution in [0.2, 0.25) is 0 Å². The maximum Gasteiger partial charge on any atom is 1.00 e. The van der Waals surface area contributed by atoms with Crippen LogP contribution in [-0.4, -0.2) is 39.2 Å². The van der Waals surface area contributed by atoms with Gasteiger partial charge in [0.2, 0.25) is 0 Å². The van der Waals surface area contributed by atoms with Crippen molar-refractivity contribution in [1.82, 2.24) is 0 Å². The smallest absolute Gasteiger partial charge is 0.494 e. The predicted molar refractivity (Wildman–Crippen MR) is 111 cm³/mol. The standard InChI is InChI=1S/C20H26O8S2.Na/c21-29(22,23)19-11-7-17(8-12-19)27-15-5-3-1-2-4-6-16-28-18-9-13-20(14-10-18)30(24,25)26;/h7-14H,1-6,15-16H2,(H,21,22,23)(H,24,25,26);/q;+1. The van der Waals surface area contributed by atoms with E-state index in [2.05, 4.69) is 0 Å². The fourth-order valence-corrected chi connectivity index (χ4v) is 3.67. The van der Waals surface area contributed by atoms with Crippen LogP contribution in [0.15, 0.2) is 58.3 Å². The number of unbranched alkanes of at least 4 members (excludes halogenated alkanes) is 5. The van der Waals surface area contributed by atoms with E-state index >= 15 is 0 Å². The summed E-state index contributed by atoms with van der Waals surface area (Å²) in [5.74, 6) is 1.12. The molecule has 2 aromatic rings. The average molecular weight is 482 g/mol. The van der Waals surface area contributed by atoms with Crippen molar-refractivity contribution in [3.63, 3.8) is 0 Å². The first kappa shape index (κ1) is 27.9. The molecule has 166 valence electrons. The van der Waals surface area contributed by atoms with Gasteiger partial charge in [0.25, 0.3) is 20.2 Å². The van der Waals surface area contributed by atoms with Gasteiger partial charge in [0.05, 0.1) is 23.0 Å². The molecule has 0 aliphatic carbocycles. The Bertz CT molecular complexity index is 905. The molecule has 2 rings (SSSR count). The van der Waals surface area contributed by atoms with Crippen molar-refractivity contribution < 1.29 is 65.0 Å². The van der Waals surface area contributed by atoms with Crippen LogP contribution < -0.4 is 39.0 Å². The Kier molecular flexibility index (Phi) is 12.1. The van der Waals surface area contributed by atoms with E-state index in [1.165, 1.54) is 48.5 Å². The van der Waals surface area contributed by atoms with Crippen LogP contribution in [0.4, 0.5) is 0 Å². The first-order chi connectivity index (χ1) is 14.2. The molecular weight excluding hydrogens is 455 g/mol. The fraction of sp³-hybridized carbons (Fsp3) is 0.400. The van der Waals surface area contributed by atoms with Gasteiger partial charge in [-0.15, -0.1) is 0 Å². The van der Waals surface area contributed by atoms with Crippen molar-refractivity contribution >= 4 is 20.2 Å². The van der Waals surface area contributed by atoms with Crippen LogP contribution in [0.1, 0.15) is 38.5 Å². The summed E-state index contributed by atoms with van der Waals surface area (Å²) in [6.45, 7) is 1.07. The number of rotatable bonds is 13. The molecule has 0 amide bonds. The fourth-order valence-electron chi connectivity index (χ4n) is 2.71. The summed E-state index contributed by atoms with van der Waals surface area (Å²) in [6.07, 6.45) is 5.93. The minimum atomic E-state index is -4.18. The Morgan fingerprint density at radius 2 is 0.839 bits per heavy atom. The Morgan fingerprint density at radius 1 is 0.548 bits per heavy atom. The van der Waals surface area contributed by atoms with Gasteiger partial charge in [-0.05, 0) is 61.4 Å². The molecule has 0 unspecified atom stereocenters. The van der Waals surface area contributed by atoms with Crippen LogP contribution in [-0.2, 0) is 20.2 Å². The van der Waals surface area contributed by atoms with E-state index in [1.807, 2.05) is 0 Å². The summed E-state index contributed by atoms with van der Waals surface area (Å²) in [4.78, 5) is -0.317. The van der Waals surface area contributed by atoms with E-state index in [1.54, 1.807) is 0 Å². The molecule has 0 aromatic heterocycles. The Hall–Kier alpha value is -1.14. The van der Waals surface area contributed by atoms with Crippen LogP contribution in [0.25, 0.3) is 0 Å². The first-order valence-corrected chi connectivity index (χ1v) is 12.4. The van der Waals surface area contributed by atoms with Crippen LogP contribution in [0, 0.1) is 0 Å². The third kappa shape index (κ3) is 10.8. The second kappa shape index (κ2) is 13.4. The van der Waals surface area contributed by atoms with Crippen molar-refractivity contribution in [2.24, 2.45) is 0 Å². The topological polar surface area (TPSA) is 127 Å². The van der Waals surface area contributed by atoms with E-state index in [0.29, 0.717) is 24.7 Å². The van der Waals surface area contributed by atoms with Gasteiger partial charge in [-0.2, -0.15) is 16.8 Å². The molecular formula is C20H26NaO8S2+. The summed E-state index contributed by atoms with van der Waals surface area (Å²) in [6, 6.07) is 11.3. The van der Waals surface area contributed by atoms with Crippen LogP contribution in [0.3, 0.4) is 0 Å². The van der Waals surface area contributed by atoms with E-state index in [4.69, 9.17) is 18.6 Å². The maximum absolute atomic E-state index is 11.0. The third-order valence-corrected chi connectivity index (χ3v) is 6.06. The molecule has 8 nitrogen and oxygen atoms in total. The van der Waals surface area contributed by atoms with Crippen molar-refractivity contribution in [3.8, 4) is 11.5 Å². The number of ether oxygens (including phenoxy) is 2. The maximum atomic E-state index is 11.0. The average Bonchev–Trinajstić information content (AvgIpc) is 2.69. The van der Waals surface area contributed by atoms with E-state index in [0.717, 1.165) is 38.5 Å². The van der Waals surface area contributed by atoms with Gasteiger partial charge in [-0.3, -0.25) is 9.11 Å². The summed E-state index contributed by atoms with van der Waals surface area (Å²) in [5, 5.41) is 0. The quantitative estimate of drug-likeness (QED) is 0.246. The molecule has 0 spiro atoms. The molecule has 0 aliphatic heterocycles. The molecule has 0 atom stereocenters. The zero-order valence-electron chi connectivity index (χ0n) is 17.4. The Morgan fingerprint density at radius 3 is 1.13 bits per heavy atom. The number of benzene rings is 2. The van der Waals surface area contributed by atoms with Crippen molar-refractivity contribution in [2.45, 2.75) is 48.3 Å². The number of hydrogen-bond acceptors (Lipinski definition) is 6. The molecule has 0 saturated carbocycles. The van der Waals surface area contributed by atoms with Gasteiger partial charge >= 0.3 is 29.6 Å². The largest absolute Gasteiger partial charge is 1.00 e. The molecule has 31 heavy (non-hydrogen) atoms. The summed E-state index contributed by atoms with van der Waals surface area (Å²) in [7, 11) is -8.36. The molecule has 2 N–H and O–H groups in total. The van der Waals surface area contributed by atoms with E-state index in [9.17, 15) is 16.8 Å². The van der Waals surface area contributed by atoms with E-state index < -0.39 is 20.2 Å². The predicted octanol–water partition coefficient (Wildman–Crippen LogP) is 0.982. The van der Waals surface area contributed by atoms with Gasteiger partial charge in [0.1, 0.15) is 11.5 Å². The summed E-state index contributed by atoms with van der Waals surface area (Å²) in [5.41, 5.74) is 0. The minimum absolute atomic E-state index is 0. The molecule has 0 heterocycles. The van der Waals surface area contributed by atoms with Crippen LogP contribution in [0.5, 0.6) is 11.5 Å². The Balaban J connectivity index is 0.00000480. The van der Waals surface area contributed by atoms with Gasteiger partial charge in [0, 0.05) is 0 Å². The number of hydrogen-bond donors (Lipinski definition) is 2. The summed E-state index contributed by atoms with van der Waals surface area (Å²) < 4.78 is 72.8. The molecule has 0 fully saturated rings. The SMILES string of the molecule is O=S(=O)(O)c1ccc(OCCCCCCCCOc2ccc(S(=O)(=O)O)cc2)cc1.[Na+]. The molecule has 11 heteroatoms. The molecule has 0 aliphatic rings. The van der Waals surface area contributed by atoms with Crippen molar-refractivity contribution in [2.75, 3.05) is 13.2 Å². The zero-order valence-corrected chi connectivity index (χ0v) is 21.1. The summed E-state index contributed by atoms with van der Waals surface area (Å²) >= 11 is 0. The second-order valence-electron chi connectivity index (χ2n) is 6.71. The van der Waals surface area contributed by atoms with Gasteiger partial charge in [-0.25, -0.2) is 0 Å².